The van der Waals surface area contributed by atoms with E-state index >= 15 is 0 Å². The Hall–Kier alpha value is -2.17. The summed E-state index contributed by atoms with van der Waals surface area (Å²) in [7, 11) is 1.56. The minimum Gasteiger partial charge on any atom is -0.481 e. The van der Waals surface area contributed by atoms with Gasteiger partial charge in [-0.2, -0.15) is 4.98 Å². The number of rotatable bonds is 4. The monoisotopic (exact) mass is 261 g/mol. The molecule has 2 aromatic rings. The van der Waals surface area contributed by atoms with Gasteiger partial charge in [0.2, 0.25) is 5.88 Å². The van der Waals surface area contributed by atoms with Crippen LogP contribution in [-0.4, -0.2) is 17.1 Å². The molecule has 2 rings (SSSR count). The van der Waals surface area contributed by atoms with E-state index in [9.17, 15) is 4.39 Å². The molecule has 1 heterocycles. The van der Waals surface area contributed by atoms with Gasteiger partial charge in [0.15, 0.2) is 0 Å². The number of halogens is 1. The Labute approximate surface area is 111 Å². The lowest BCUT2D eigenvalue weighted by atomic mass is 10.1. The third-order valence-corrected chi connectivity index (χ3v) is 2.76. The SMILES string of the molecule is COc1cc(NC(C)c2ccc(F)cc2)nc(C)n1. The van der Waals surface area contributed by atoms with Crippen LogP contribution in [0.5, 0.6) is 5.88 Å². The van der Waals surface area contributed by atoms with Crippen LogP contribution in [0.15, 0.2) is 30.3 Å². The van der Waals surface area contributed by atoms with E-state index in [-0.39, 0.29) is 11.9 Å². The van der Waals surface area contributed by atoms with Crippen LogP contribution in [0.3, 0.4) is 0 Å². The number of benzene rings is 1. The summed E-state index contributed by atoms with van der Waals surface area (Å²) in [6, 6.07) is 8.13. The van der Waals surface area contributed by atoms with Crippen molar-refractivity contribution < 1.29 is 9.13 Å². The van der Waals surface area contributed by atoms with Crippen molar-refractivity contribution in [2.45, 2.75) is 19.9 Å². The van der Waals surface area contributed by atoms with Gasteiger partial charge in [-0.1, -0.05) is 12.1 Å². The molecule has 0 aliphatic rings. The predicted octanol–water partition coefficient (Wildman–Crippen LogP) is 3.11. The molecular formula is C14H16FN3O. The van der Waals surface area contributed by atoms with E-state index in [1.165, 1.54) is 12.1 Å². The van der Waals surface area contributed by atoms with Gasteiger partial charge in [0.1, 0.15) is 17.5 Å². The van der Waals surface area contributed by atoms with E-state index in [2.05, 4.69) is 15.3 Å². The molecule has 0 aliphatic heterocycles. The molecule has 0 fully saturated rings. The van der Waals surface area contributed by atoms with Crippen molar-refractivity contribution in [3.05, 3.63) is 47.5 Å². The maximum Gasteiger partial charge on any atom is 0.218 e. The zero-order valence-electron chi connectivity index (χ0n) is 11.1. The van der Waals surface area contributed by atoms with Gasteiger partial charge in [0.05, 0.1) is 7.11 Å². The Balaban J connectivity index is 2.16. The molecule has 19 heavy (non-hydrogen) atoms. The molecule has 0 saturated heterocycles. The second-order valence-corrected chi connectivity index (χ2v) is 4.26. The number of ether oxygens (including phenoxy) is 1. The molecule has 1 aromatic carbocycles. The van der Waals surface area contributed by atoms with Crippen molar-refractivity contribution in [1.29, 1.82) is 0 Å². The number of hydrogen-bond donors (Lipinski definition) is 1. The molecule has 0 bridgehead atoms. The van der Waals surface area contributed by atoms with Crippen molar-refractivity contribution in [3.63, 3.8) is 0 Å². The lowest BCUT2D eigenvalue weighted by molar-refractivity contribution is 0.396. The average Bonchev–Trinajstić information content (AvgIpc) is 2.38. The van der Waals surface area contributed by atoms with Gasteiger partial charge < -0.3 is 10.1 Å². The molecule has 0 radical (unpaired) electrons. The van der Waals surface area contributed by atoms with Gasteiger partial charge >= 0.3 is 0 Å². The van der Waals surface area contributed by atoms with E-state index in [4.69, 9.17) is 4.74 Å². The van der Waals surface area contributed by atoms with Crippen LogP contribution in [0, 0.1) is 12.7 Å². The highest BCUT2D eigenvalue weighted by molar-refractivity contribution is 5.41. The normalized spacial score (nSPS) is 12.0. The summed E-state index contributed by atoms with van der Waals surface area (Å²) in [6.45, 7) is 3.79. The third kappa shape index (κ3) is 3.40. The number of anilines is 1. The number of nitrogens with zero attached hydrogens (tertiary/aromatic N) is 2. The fourth-order valence-electron chi connectivity index (χ4n) is 1.78. The van der Waals surface area contributed by atoms with E-state index in [1.54, 1.807) is 32.2 Å². The van der Waals surface area contributed by atoms with Crippen LogP contribution in [0.1, 0.15) is 24.4 Å². The molecule has 4 nitrogen and oxygen atoms in total. The summed E-state index contributed by atoms with van der Waals surface area (Å²) in [4.78, 5) is 8.41. The topological polar surface area (TPSA) is 47.0 Å². The molecule has 1 N–H and O–H groups in total. The first-order valence-corrected chi connectivity index (χ1v) is 6.00. The Bertz CT molecular complexity index is 557. The van der Waals surface area contributed by atoms with Crippen LogP contribution in [0.25, 0.3) is 0 Å². The largest absolute Gasteiger partial charge is 0.481 e. The standard InChI is InChI=1S/C14H16FN3O/c1-9(11-4-6-12(15)7-5-11)16-13-8-14(19-3)18-10(2)17-13/h4-9H,1-3H3,(H,16,17,18). The van der Waals surface area contributed by atoms with Crippen molar-refractivity contribution in [2.24, 2.45) is 0 Å². The van der Waals surface area contributed by atoms with Crippen LogP contribution < -0.4 is 10.1 Å². The smallest absolute Gasteiger partial charge is 0.218 e. The van der Waals surface area contributed by atoms with Crippen LogP contribution in [0.2, 0.25) is 0 Å². The zero-order chi connectivity index (χ0) is 13.8. The van der Waals surface area contributed by atoms with Gasteiger partial charge in [-0.3, -0.25) is 0 Å². The first-order valence-electron chi connectivity index (χ1n) is 6.00. The molecule has 100 valence electrons. The fraction of sp³-hybridized carbons (Fsp3) is 0.286. The van der Waals surface area contributed by atoms with Gasteiger partial charge in [0.25, 0.3) is 0 Å². The van der Waals surface area contributed by atoms with Crippen LogP contribution in [-0.2, 0) is 0 Å². The molecular weight excluding hydrogens is 245 g/mol. The van der Waals surface area contributed by atoms with E-state index in [0.717, 1.165) is 5.56 Å². The maximum atomic E-state index is 12.9. The predicted molar refractivity (Wildman–Crippen MR) is 71.8 cm³/mol. The van der Waals surface area contributed by atoms with E-state index in [1.807, 2.05) is 6.92 Å². The maximum absolute atomic E-state index is 12.9. The summed E-state index contributed by atoms with van der Waals surface area (Å²) in [6.07, 6.45) is 0. The highest BCUT2D eigenvalue weighted by Gasteiger charge is 2.08. The van der Waals surface area contributed by atoms with Gasteiger partial charge in [0, 0.05) is 12.1 Å². The van der Waals surface area contributed by atoms with Crippen molar-refractivity contribution >= 4 is 5.82 Å². The molecule has 0 amide bonds. The second kappa shape index (κ2) is 5.65. The molecule has 0 spiro atoms. The minimum atomic E-state index is -0.240. The third-order valence-electron chi connectivity index (χ3n) is 2.76. The summed E-state index contributed by atoms with van der Waals surface area (Å²) < 4.78 is 18.0. The Morgan fingerprint density at radius 2 is 1.89 bits per heavy atom. The Kier molecular flexibility index (Phi) is 3.94. The van der Waals surface area contributed by atoms with Gasteiger partial charge in [-0.15, -0.1) is 0 Å². The van der Waals surface area contributed by atoms with Crippen molar-refractivity contribution in [3.8, 4) is 5.88 Å². The fourth-order valence-corrected chi connectivity index (χ4v) is 1.78. The number of aryl methyl sites for hydroxylation is 1. The molecule has 5 heteroatoms. The van der Waals surface area contributed by atoms with E-state index < -0.39 is 0 Å². The van der Waals surface area contributed by atoms with Crippen LogP contribution in [0.4, 0.5) is 10.2 Å². The van der Waals surface area contributed by atoms with Crippen LogP contribution >= 0.6 is 0 Å². The molecule has 1 unspecified atom stereocenters. The van der Waals surface area contributed by atoms with Gasteiger partial charge in [-0.25, -0.2) is 9.37 Å². The number of nitrogens with one attached hydrogen (secondary N) is 1. The number of methoxy groups -OCH3 is 1. The molecule has 0 saturated carbocycles. The first kappa shape index (κ1) is 13.3. The van der Waals surface area contributed by atoms with Crippen molar-refractivity contribution in [1.82, 2.24) is 9.97 Å². The summed E-state index contributed by atoms with van der Waals surface area (Å²) in [5.74, 6) is 1.59. The van der Waals surface area contributed by atoms with Gasteiger partial charge in [-0.05, 0) is 31.5 Å². The number of hydrogen-bond acceptors (Lipinski definition) is 4. The quantitative estimate of drug-likeness (QED) is 0.918. The lowest BCUT2D eigenvalue weighted by Gasteiger charge is -2.15. The molecule has 1 aromatic heterocycles. The molecule has 0 aliphatic carbocycles. The lowest BCUT2D eigenvalue weighted by Crippen LogP contribution is -2.09. The number of aromatic nitrogens is 2. The average molecular weight is 261 g/mol. The highest BCUT2D eigenvalue weighted by Crippen LogP contribution is 2.20. The Morgan fingerprint density at radius 1 is 1.21 bits per heavy atom. The second-order valence-electron chi connectivity index (χ2n) is 4.26. The molecule has 1 atom stereocenters. The van der Waals surface area contributed by atoms with Crippen molar-refractivity contribution in [2.75, 3.05) is 12.4 Å². The Morgan fingerprint density at radius 3 is 2.53 bits per heavy atom. The zero-order valence-corrected chi connectivity index (χ0v) is 11.1. The summed E-state index contributed by atoms with van der Waals surface area (Å²) >= 11 is 0. The summed E-state index contributed by atoms with van der Waals surface area (Å²) in [5, 5.41) is 3.24. The highest BCUT2D eigenvalue weighted by atomic mass is 19.1. The summed E-state index contributed by atoms with van der Waals surface area (Å²) in [5.41, 5.74) is 0.983. The van der Waals surface area contributed by atoms with E-state index in [0.29, 0.717) is 17.5 Å². The first-order chi connectivity index (χ1) is 9.08. The minimum absolute atomic E-state index is 0.0135.